The first kappa shape index (κ1) is 17.2. The van der Waals surface area contributed by atoms with E-state index in [-0.39, 0.29) is 12.3 Å². The summed E-state index contributed by atoms with van der Waals surface area (Å²) in [4.78, 5) is 16.5. The first-order chi connectivity index (χ1) is 12.8. The van der Waals surface area contributed by atoms with E-state index in [1.54, 1.807) is 0 Å². The summed E-state index contributed by atoms with van der Waals surface area (Å²) in [6, 6.07) is 2.54. The van der Waals surface area contributed by atoms with Gasteiger partial charge in [0.1, 0.15) is 0 Å². The molecule has 0 aromatic carbocycles. The highest BCUT2D eigenvalue weighted by Crippen LogP contribution is 2.20. The molecule has 1 aliphatic heterocycles. The average molecular weight is 358 g/mol. The van der Waals surface area contributed by atoms with Gasteiger partial charge in [-0.05, 0) is 38.3 Å². The summed E-state index contributed by atoms with van der Waals surface area (Å²) in [5.41, 5.74) is 0.655. The molecule has 1 amide bonds. The number of hydrogen-bond donors (Lipinski definition) is 2. The number of amides is 1. The second-order valence-electron chi connectivity index (χ2n) is 7.28. The third kappa shape index (κ3) is 4.12. The molecule has 2 aromatic rings. The van der Waals surface area contributed by atoms with Crippen LogP contribution < -0.4 is 10.6 Å². The lowest BCUT2D eigenvalue weighted by atomic mass is 9.95. The van der Waals surface area contributed by atoms with E-state index in [0.29, 0.717) is 29.5 Å². The van der Waals surface area contributed by atoms with Crippen LogP contribution in [-0.2, 0) is 11.2 Å². The number of rotatable bonds is 5. The van der Waals surface area contributed by atoms with Crippen molar-refractivity contribution in [2.45, 2.75) is 63.5 Å². The van der Waals surface area contributed by atoms with E-state index in [1.165, 1.54) is 19.3 Å². The van der Waals surface area contributed by atoms with E-state index < -0.39 is 0 Å². The Morgan fingerprint density at radius 1 is 1.27 bits per heavy atom. The highest BCUT2D eigenvalue weighted by Gasteiger charge is 2.20. The van der Waals surface area contributed by atoms with Crippen LogP contribution in [0, 0.1) is 0 Å². The molecule has 8 heteroatoms. The number of aromatic nitrogens is 4. The van der Waals surface area contributed by atoms with Crippen LogP contribution in [0.4, 0.5) is 0 Å². The van der Waals surface area contributed by atoms with Gasteiger partial charge in [0.25, 0.3) is 5.89 Å². The minimum Gasteiger partial charge on any atom is -0.353 e. The van der Waals surface area contributed by atoms with Crippen molar-refractivity contribution < 1.29 is 9.32 Å². The van der Waals surface area contributed by atoms with Gasteiger partial charge in [-0.2, -0.15) is 10.1 Å². The number of carbonyl (C=O) groups excluding carboxylic acids is 1. The summed E-state index contributed by atoms with van der Waals surface area (Å²) in [6.07, 6.45) is 10.1. The van der Waals surface area contributed by atoms with Crippen LogP contribution in [0.2, 0.25) is 0 Å². The SMILES string of the molecule is O=C(Cc1noc(-c2ccn(C3CCCNC3)n2)n1)NC1CCCCC1. The molecule has 2 fully saturated rings. The Bertz CT molecular complexity index is 728. The third-order valence-corrected chi connectivity index (χ3v) is 5.23. The molecule has 1 unspecified atom stereocenters. The van der Waals surface area contributed by atoms with Crippen LogP contribution in [0.25, 0.3) is 11.6 Å². The van der Waals surface area contributed by atoms with Crippen molar-refractivity contribution in [2.75, 3.05) is 13.1 Å². The lowest BCUT2D eigenvalue weighted by Gasteiger charge is -2.22. The van der Waals surface area contributed by atoms with Crippen molar-refractivity contribution in [3.8, 4) is 11.6 Å². The molecule has 0 bridgehead atoms. The molecule has 26 heavy (non-hydrogen) atoms. The summed E-state index contributed by atoms with van der Waals surface area (Å²) in [7, 11) is 0. The van der Waals surface area contributed by atoms with E-state index in [1.807, 2.05) is 16.9 Å². The van der Waals surface area contributed by atoms with Crippen LogP contribution >= 0.6 is 0 Å². The van der Waals surface area contributed by atoms with E-state index in [9.17, 15) is 4.79 Å². The molecule has 140 valence electrons. The second kappa shape index (κ2) is 7.99. The fraction of sp³-hybridized carbons (Fsp3) is 0.667. The number of carbonyl (C=O) groups is 1. The first-order valence-corrected chi connectivity index (χ1v) is 9.66. The van der Waals surface area contributed by atoms with E-state index >= 15 is 0 Å². The van der Waals surface area contributed by atoms with E-state index in [4.69, 9.17) is 4.52 Å². The predicted molar refractivity (Wildman–Crippen MR) is 95.4 cm³/mol. The predicted octanol–water partition coefficient (Wildman–Crippen LogP) is 1.85. The minimum atomic E-state index is -0.0388. The van der Waals surface area contributed by atoms with Gasteiger partial charge in [-0.1, -0.05) is 24.4 Å². The Kier molecular flexibility index (Phi) is 5.29. The molecule has 3 heterocycles. The quantitative estimate of drug-likeness (QED) is 0.846. The van der Waals surface area contributed by atoms with Gasteiger partial charge in [-0.3, -0.25) is 9.48 Å². The van der Waals surface area contributed by atoms with Crippen molar-refractivity contribution in [3.05, 3.63) is 18.1 Å². The molecule has 0 spiro atoms. The number of nitrogens with zero attached hydrogens (tertiary/aromatic N) is 4. The zero-order valence-electron chi connectivity index (χ0n) is 15.0. The largest absolute Gasteiger partial charge is 0.353 e. The molecule has 1 saturated heterocycles. The van der Waals surface area contributed by atoms with Crippen molar-refractivity contribution in [1.29, 1.82) is 0 Å². The maximum atomic E-state index is 12.2. The Morgan fingerprint density at radius 2 is 2.15 bits per heavy atom. The van der Waals surface area contributed by atoms with Gasteiger partial charge in [0.2, 0.25) is 5.91 Å². The van der Waals surface area contributed by atoms with Crippen LogP contribution in [0.1, 0.15) is 56.8 Å². The Morgan fingerprint density at radius 3 is 2.96 bits per heavy atom. The van der Waals surface area contributed by atoms with Crippen molar-refractivity contribution in [2.24, 2.45) is 0 Å². The maximum absolute atomic E-state index is 12.2. The summed E-state index contributed by atoms with van der Waals surface area (Å²) in [5.74, 6) is 0.734. The van der Waals surface area contributed by atoms with E-state index in [0.717, 1.165) is 38.8 Å². The normalized spacial score (nSPS) is 21.6. The average Bonchev–Trinajstić information content (AvgIpc) is 3.32. The van der Waals surface area contributed by atoms with Gasteiger partial charge in [0.15, 0.2) is 11.5 Å². The van der Waals surface area contributed by atoms with Gasteiger partial charge in [-0.15, -0.1) is 0 Å². The fourth-order valence-electron chi connectivity index (χ4n) is 3.81. The molecule has 2 aromatic heterocycles. The molecule has 0 radical (unpaired) electrons. The third-order valence-electron chi connectivity index (χ3n) is 5.23. The lowest BCUT2D eigenvalue weighted by molar-refractivity contribution is -0.121. The van der Waals surface area contributed by atoms with Crippen molar-refractivity contribution in [1.82, 2.24) is 30.6 Å². The molecule has 8 nitrogen and oxygen atoms in total. The highest BCUT2D eigenvalue weighted by atomic mass is 16.5. The molecule has 4 rings (SSSR count). The van der Waals surface area contributed by atoms with Gasteiger partial charge < -0.3 is 15.2 Å². The maximum Gasteiger partial charge on any atom is 0.278 e. The lowest BCUT2D eigenvalue weighted by Crippen LogP contribution is -2.37. The molecular weight excluding hydrogens is 332 g/mol. The fourth-order valence-corrected chi connectivity index (χ4v) is 3.81. The van der Waals surface area contributed by atoms with Crippen LogP contribution in [0.15, 0.2) is 16.8 Å². The molecule has 2 aliphatic rings. The standard InChI is InChI=1S/C18H26N6O2/c25-17(20-13-5-2-1-3-6-13)11-16-21-18(26-23-16)15-8-10-24(22-15)14-7-4-9-19-12-14/h8,10,13-14,19H,1-7,9,11-12H2,(H,20,25). The summed E-state index contributed by atoms with van der Waals surface area (Å²) in [6.45, 7) is 2.00. The van der Waals surface area contributed by atoms with Gasteiger partial charge in [0, 0.05) is 18.8 Å². The minimum absolute atomic E-state index is 0.0388. The van der Waals surface area contributed by atoms with Gasteiger partial charge in [0.05, 0.1) is 12.5 Å². The summed E-state index contributed by atoms with van der Waals surface area (Å²) in [5, 5.41) is 15.0. The topological polar surface area (TPSA) is 97.9 Å². The molecule has 1 saturated carbocycles. The Balaban J connectivity index is 1.35. The van der Waals surface area contributed by atoms with Gasteiger partial charge in [-0.25, -0.2) is 0 Å². The van der Waals surface area contributed by atoms with Crippen molar-refractivity contribution >= 4 is 5.91 Å². The smallest absolute Gasteiger partial charge is 0.278 e. The number of hydrogen-bond acceptors (Lipinski definition) is 6. The summed E-state index contributed by atoms with van der Waals surface area (Å²) >= 11 is 0. The highest BCUT2D eigenvalue weighted by molar-refractivity contribution is 5.78. The number of piperidine rings is 1. The van der Waals surface area contributed by atoms with E-state index in [2.05, 4.69) is 25.9 Å². The van der Waals surface area contributed by atoms with Crippen LogP contribution in [0.5, 0.6) is 0 Å². The molecule has 1 atom stereocenters. The van der Waals surface area contributed by atoms with Crippen LogP contribution in [-0.4, -0.2) is 45.0 Å². The molecule has 2 N–H and O–H groups in total. The zero-order valence-corrected chi connectivity index (χ0v) is 15.0. The van der Waals surface area contributed by atoms with Crippen molar-refractivity contribution in [3.63, 3.8) is 0 Å². The zero-order chi connectivity index (χ0) is 17.8. The summed E-state index contributed by atoms with van der Waals surface area (Å²) < 4.78 is 7.27. The van der Waals surface area contributed by atoms with Gasteiger partial charge >= 0.3 is 0 Å². The monoisotopic (exact) mass is 358 g/mol. The first-order valence-electron chi connectivity index (χ1n) is 9.66. The number of nitrogens with one attached hydrogen (secondary N) is 2. The second-order valence-corrected chi connectivity index (χ2v) is 7.28. The molecule has 1 aliphatic carbocycles. The van der Waals surface area contributed by atoms with Crippen LogP contribution in [0.3, 0.4) is 0 Å². The Hall–Kier alpha value is -2.22. The molecular formula is C18H26N6O2. The Labute approximate surface area is 152 Å².